The van der Waals surface area contributed by atoms with Crippen LogP contribution >= 0.6 is 11.6 Å². The Morgan fingerprint density at radius 3 is 2.70 bits per heavy atom. The molecule has 0 bridgehead atoms. The van der Waals surface area contributed by atoms with Gasteiger partial charge in [-0.25, -0.2) is 0 Å². The van der Waals surface area contributed by atoms with Crippen LogP contribution in [0, 0.1) is 10.1 Å². The van der Waals surface area contributed by atoms with Crippen molar-refractivity contribution in [2.24, 2.45) is 0 Å². The molecule has 6 nitrogen and oxygen atoms in total. The SMILES string of the molecule is CCN(C(=O)c1cccc([N+](=O)[O-])c1Cl)C(C)COC. The Bertz CT molecular complexity index is 507. The number of ether oxygens (including phenoxy) is 1. The molecule has 0 aliphatic heterocycles. The Morgan fingerprint density at radius 2 is 2.20 bits per heavy atom. The average Bonchev–Trinajstić information content (AvgIpc) is 2.39. The lowest BCUT2D eigenvalue weighted by atomic mass is 10.1. The van der Waals surface area contributed by atoms with Crippen LogP contribution in [0.15, 0.2) is 18.2 Å². The molecule has 1 aromatic rings. The Hall–Kier alpha value is -1.66. The maximum absolute atomic E-state index is 12.5. The highest BCUT2D eigenvalue weighted by Crippen LogP contribution is 2.28. The summed E-state index contributed by atoms with van der Waals surface area (Å²) in [5, 5.41) is 10.7. The number of benzene rings is 1. The van der Waals surface area contributed by atoms with E-state index in [1.807, 2.05) is 13.8 Å². The summed E-state index contributed by atoms with van der Waals surface area (Å²) in [6.07, 6.45) is 0. The number of nitro benzene ring substituents is 1. The molecule has 0 N–H and O–H groups in total. The summed E-state index contributed by atoms with van der Waals surface area (Å²) < 4.78 is 5.03. The molecule has 1 atom stereocenters. The van der Waals surface area contributed by atoms with Gasteiger partial charge in [0.2, 0.25) is 0 Å². The maximum Gasteiger partial charge on any atom is 0.288 e. The summed E-state index contributed by atoms with van der Waals surface area (Å²) in [4.78, 5) is 24.3. The van der Waals surface area contributed by atoms with Gasteiger partial charge in [0.25, 0.3) is 11.6 Å². The van der Waals surface area contributed by atoms with E-state index >= 15 is 0 Å². The van der Waals surface area contributed by atoms with Crippen molar-refractivity contribution in [1.82, 2.24) is 4.90 Å². The number of methoxy groups -OCH3 is 1. The zero-order valence-electron chi connectivity index (χ0n) is 11.6. The van der Waals surface area contributed by atoms with E-state index in [9.17, 15) is 14.9 Å². The average molecular weight is 301 g/mol. The van der Waals surface area contributed by atoms with Crippen LogP contribution in [0.5, 0.6) is 0 Å². The number of hydrogen-bond donors (Lipinski definition) is 0. The lowest BCUT2D eigenvalue weighted by Gasteiger charge is -2.27. The Balaban J connectivity index is 3.13. The minimum absolute atomic E-state index is 0.130. The van der Waals surface area contributed by atoms with Gasteiger partial charge in [0.05, 0.1) is 23.1 Å². The molecule has 0 aromatic heterocycles. The molecule has 0 saturated heterocycles. The Labute approximate surface area is 122 Å². The van der Waals surface area contributed by atoms with Crippen molar-refractivity contribution in [3.8, 4) is 0 Å². The predicted octanol–water partition coefficient (Wildman–Crippen LogP) is 2.75. The second-order valence-electron chi connectivity index (χ2n) is 4.29. The van der Waals surface area contributed by atoms with E-state index in [-0.39, 0.29) is 28.2 Å². The van der Waals surface area contributed by atoms with Crippen molar-refractivity contribution in [2.45, 2.75) is 19.9 Å². The third-order valence-corrected chi connectivity index (χ3v) is 3.34. The fraction of sp³-hybridized carbons (Fsp3) is 0.462. The molecular weight excluding hydrogens is 284 g/mol. The highest BCUT2D eigenvalue weighted by atomic mass is 35.5. The minimum atomic E-state index is -0.603. The molecule has 0 fully saturated rings. The van der Waals surface area contributed by atoms with Crippen LogP contribution in [0.4, 0.5) is 5.69 Å². The van der Waals surface area contributed by atoms with Gasteiger partial charge in [-0.05, 0) is 19.9 Å². The molecule has 1 amide bonds. The largest absolute Gasteiger partial charge is 0.383 e. The molecule has 0 aliphatic carbocycles. The van der Waals surface area contributed by atoms with Crippen LogP contribution in [0.25, 0.3) is 0 Å². The van der Waals surface area contributed by atoms with Crippen molar-refractivity contribution >= 4 is 23.2 Å². The van der Waals surface area contributed by atoms with E-state index in [2.05, 4.69) is 0 Å². The molecular formula is C13H17ClN2O4. The standard InChI is InChI=1S/C13H17ClN2O4/c1-4-15(9(2)8-20-3)13(17)10-6-5-7-11(12(10)14)16(18)19/h5-7,9H,4,8H2,1-3H3. The first-order valence-corrected chi connectivity index (χ1v) is 6.54. The molecule has 0 heterocycles. The zero-order valence-corrected chi connectivity index (χ0v) is 12.4. The summed E-state index contributed by atoms with van der Waals surface area (Å²) in [5.74, 6) is -0.342. The molecule has 0 saturated carbocycles. The van der Waals surface area contributed by atoms with E-state index in [1.54, 1.807) is 12.0 Å². The maximum atomic E-state index is 12.5. The van der Waals surface area contributed by atoms with Crippen LogP contribution in [0.2, 0.25) is 5.02 Å². The second-order valence-corrected chi connectivity index (χ2v) is 4.67. The van der Waals surface area contributed by atoms with Gasteiger partial charge >= 0.3 is 0 Å². The summed E-state index contributed by atoms with van der Waals surface area (Å²) in [6, 6.07) is 4.06. The van der Waals surface area contributed by atoms with Gasteiger partial charge in [-0.1, -0.05) is 17.7 Å². The highest BCUT2D eigenvalue weighted by Gasteiger charge is 2.25. The number of rotatable bonds is 6. The summed E-state index contributed by atoms with van der Waals surface area (Å²) in [7, 11) is 1.55. The number of nitrogens with zero attached hydrogens (tertiary/aromatic N) is 2. The van der Waals surface area contributed by atoms with E-state index in [1.165, 1.54) is 18.2 Å². The third-order valence-electron chi connectivity index (χ3n) is 2.95. The number of nitro groups is 1. The predicted molar refractivity (Wildman–Crippen MR) is 76.2 cm³/mol. The van der Waals surface area contributed by atoms with Gasteiger partial charge in [-0.15, -0.1) is 0 Å². The molecule has 0 spiro atoms. The van der Waals surface area contributed by atoms with Gasteiger partial charge in [-0.2, -0.15) is 0 Å². The van der Waals surface area contributed by atoms with Crippen LogP contribution in [-0.4, -0.2) is 42.0 Å². The normalized spacial score (nSPS) is 12.0. The first-order valence-electron chi connectivity index (χ1n) is 6.16. The van der Waals surface area contributed by atoms with E-state index in [4.69, 9.17) is 16.3 Å². The molecule has 20 heavy (non-hydrogen) atoms. The number of halogens is 1. The summed E-state index contributed by atoms with van der Waals surface area (Å²) in [6.45, 7) is 4.51. The summed E-state index contributed by atoms with van der Waals surface area (Å²) >= 11 is 5.96. The van der Waals surface area contributed by atoms with Crippen molar-refractivity contribution in [3.05, 3.63) is 38.9 Å². The van der Waals surface area contributed by atoms with Crippen LogP contribution in [0.1, 0.15) is 24.2 Å². The number of amides is 1. The quantitative estimate of drug-likeness (QED) is 0.598. The molecule has 1 rings (SSSR count). The Morgan fingerprint density at radius 1 is 1.55 bits per heavy atom. The van der Waals surface area contributed by atoms with Crippen LogP contribution in [0.3, 0.4) is 0 Å². The van der Waals surface area contributed by atoms with Crippen LogP contribution in [-0.2, 0) is 4.74 Å². The van der Waals surface area contributed by atoms with Crippen molar-refractivity contribution in [2.75, 3.05) is 20.3 Å². The smallest absolute Gasteiger partial charge is 0.288 e. The van der Waals surface area contributed by atoms with Gasteiger partial charge < -0.3 is 9.64 Å². The number of hydrogen-bond acceptors (Lipinski definition) is 4. The fourth-order valence-electron chi connectivity index (χ4n) is 1.97. The van der Waals surface area contributed by atoms with Gasteiger partial charge in [0, 0.05) is 19.7 Å². The lowest BCUT2D eigenvalue weighted by molar-refractivity contribution is -0.384. The van der Waals surface area contributed by atoms with E-state index in [0.717, 1.165) is 0 Å². The molecule has 0 aliphatic rings. The molecule has 0 radical (unpaired) electrons. The number of carbonyl (C=O) groups is 1. The topological polar surface area (TPSA) is 72.7 Å². The molecule has 7 heteroatoms. The van der Waals surface area contributed by atoms with Crippen molar-refractivity contribution < 1.29 is 14.5 Å². The minimum Gasteiger partial charge on any atom is -0.383 e. The first-order chi connectivity index (χ1) is 9.43. The van der Waals surface area contributed by atoms with Crippen molar-refractivity contribution in [3.63, 3.8) is 0 Å². The number of likely N-dealkylation sites (N-methyl/N-ethyl adjacent to an activating group) is 1. The fourth-order valence-corrected chi connectivity index (χ4v) is 2.24. The molecule has 1 aromatic carbocycles. The summed E-state index contributed by atoms with van der Waals surface area (Å²) in [5.41, 5.74) is -0.140. The Kier molecular flexibility index (Phi) is 5.91. The first kappa shape index (κ1) is 16.4. The van der Waals surface area contributed by atoms with Gasteiger partial charge in [0.15, 0.2) is 0 Å². The van der Waals surface area contributed by atoms with Gasteiger partial charge in [-0.3, -0.25) is 14.9 Å². The number of carbonyl (C=O) groups excluding carboxylic acids is 1. The second kappa shape index (κ2) is 7.21. The molecule has 110 valence electrons. The monoisotopic (exact) mass is 300 g/mol. The molecule has 1 unspecified atom stereocenters. The van der Waals surface area contributed by atoms with Crippen molar-refractivity contribution in [1.29, 1.82) is 0 Å². The van der Waals surface area contributed by atoms with Crippen LogP contribution < -0.4 is 0 Å². The third kappa shape index (κ3) is 3.46. The zero-order chi connectivity index (χ0) is 15.3. The van der Waals surface area contributed by atoms with Gasteiger partial charge in [0.1, 0.15) is 5.02 Å². The van der Waals surface area contributed by atoms with E-state index < -0.39 is 4.92 Å². The highest BCUT2D eigenvalue weighted by molar-refractivity contribution is 6.35. The van der Waals surface area contributed by atoms with E-state index in [0.29, 0.717) is 13.2 Å². The lowest BCUT2D eigenvalue weighted by Crippen LogP contribution is -2.41.